The summed E-state index contributed by atoms with van der Waals surface area (Å²) in [7, 11) is 1.78. The molecule has 0 radical (unpaired) electrons. The van der Waals surface area contributed by atoms with Crippen LogP contribution in [0.1, 0.15) is 49.0 Å². The Kier molecular flexibility index (Phi) is 6.62. The zero-order valence-corrected chi connectivity index (χ0v) is 18.5. The topological polar surface area (TPSA) is 136 Å². The highest BCUT2D eigenvalue weighted by Crippen LogP contribution is 2.29. The van der Waals surface area contributed by atoms with Gasteiger partial charge in [0, 0.05) is 44.0 Å². The molecule has 1 aromatic carbocycles. The molecule has 10 heteroatoms. The van der Waals surface area contributed by atoms with Gasteiger partial charge in [0.25, 0.3) is 5.91 Å². The quantitative estimate of drug-likeness (QED) is 0.569. The van der Waals surface area contributed by atoms with Gasteiger partial charge in [0.05, 0.1) is 17.2 Å². The minimum atomic E-state index is -0.469. The van der Waals surface area contributed by atoms with Crippen molar-refractivity contribution in [3.8, 4) is 0 Å². The number of nitrogens with two attached hydrogens (primary N) is 1. The Balaban J connectivity index is 1.64. The smallest absolute Gasteiger partial charge is 0.278 e. The summed E-state index contributed by atoms with van der Waals surface area (Å²) in [5, 5.41) is 2.74. The molecule has 0 aliphatic heterocycles. The summed E-state index contributed by atoms with van der Waals surface area (Å²) in [4.78, 5) is 51.1. The van der Waals surface area contributed by atoms with Crippen molar-refractivity contribution in [1.82, 2.24) is 19.5 Å². The number of nitrogens with one attached hydrogen (secondary N) is 1. The van der Waals surface area contributed by atoms with Gasteiger partial charge in [0.1, 0.15) is 5.69 Å². The molecule has 0 bridgehead atoms. The van der Waals surface area contributed by atoms with Crippen molar-refractivity contribution in [2.45, 2.75) is 45.1 Å². The number of primary amides is 1. The normalized spacial score (nSPS) is 14.2. The molecule has 3 N–H and O–H groups in total. The van der Waals surface area contributed by atoms with Crippen LogP contribution in [0.4, 0.5) is 11.6 Å². The fraction of sp³-hybridized carbons (Fsp3) is 0.391. The first-order valence-corrected chi connectivity index (χ1v) is 11.1. The van der Waals surface area contributed by atoms with Gasteiger partial charge in [-0.25, -0.2) is 9.97 Å². The summed E-state index contributed by atoms with van der Waals surface area (Å²) in [5.41, 5.74) is 7.52. The van der Waals surface area contributed by atoms with Gasteiger partial charge >= 0.3 is 0 Å². The van der Waals surface area contributed by atoms with E-state index >= 15 is 0 Å². The molecule has 2 heterocycles. The zero-order valence-electron chi connectivity index (χ0n) is 18.5. The number of anilines is 2. The van der Waals surface area contributed by atoms with Crippen LogP contribution in [0.25, 0.3) is 11.0 Å². The second-order valence-corrected chi connectivity index (χ2v) is 8.25. The summed E-state index contributed by atoms with van der Waals surface area (Å²) in [6.45, 7) is 0.248. The number of hydrogen-bond acceptors (Lipinski definition) is 6. The Morgan fingerprint density at radius 1 is 1.18 bits per heavy atom. The van der Waals surface area contributed by atoms with E-state index in [-0.39, 0.29) is 36.4 Å². The number of carbonyl (C=O) groups excluding carboxylic acids is 3. The predicted octanol–water partition coefficient (Wildman–Crippen LogP) is 2.50. The number of amides is 3. The average molecular weight is 450 g/mol. The van der Waals surface area contributed by atoms with Crippen LogP contribution < -0.4 is 16.0 Å². The maximum atomic E-state index is 13.0. The van der Waals surface area contributed by atoms with Gasteiger partial charge in [-0.2, -0.15) is 0 Å². The Morgan fingerprint density at radius 2 is 1.97 bits per heavy atom. The van der Waals surface area contributed by atoms with E-state index in [1.165, 1.54) is 25.0 Å². The Hall–Kier alpha value is -3.82. The van der Waals surface area contributed by atoms with E-state index in [9.17, 15) is 14.4 Å². The third kappa shape index (κ3) is 5.00. The number of aryl methyl sites for hydroxylation is 1. The van der Waals surface area contributed by atoms with E-state index in [1.54, 1.807) is 16.5 Å². The predicted molar refractivity (Wildman–Crippen MR) is 124 cm³/mol. The monoisotopic (exact) mass is 449 g/mol. The molecule has 0 unspecified atom stereocenters. The number of rotatable bonds is 7. The van der Waals surface area contributed by atoms with Gasteiger partial charge in [0.15, 0.2) is 0 Å². The lowest BCUT2D eigenvalue weighted by atomic mass is 9.88. The van der Waals surface area contributed by atoms with Crippen LogP contribution in [0.15, 0.2) is 36.8 Å². The van der Waals surface area contributed by atoms with Crippen LogP contribution in [-0.4, -0.2) is 44.3 Å². The highest BCUT2D eigenvalue weighted by Gasteiger charge is 2.25. The fourth-order valence-electron chi connectivity index (χ4n) is 4.20. The van der Waals surface area contributed by atoms with Crippen molar-refractivity contribution in [1.29, 1.82) is 0 Å². The number of nitrogens with zero attached hydrogens (tertiary/aromatic N) is 5. The lowest BCUT2D eigenvalue weighted by Gasteiger charge is -2.26. The largest absolute Gasteiger partial charge is 0.370 e. The minimum absolute atomic E-state index is 0.0504. The molecule has 3 aromatic rings. The van der Waals surface area contributed by atoms with Crippen LogP contribution in [0.5, 0.6) is 0 Å². The molecule has 3 amide bonds. The van der Waals surface area contributed by atoms with Crippen LogP contribution in [-0.2, 0) is 16.1 Å². The molecule has 172 valence electrons. The first-order valence-electron chi connectivity index (χ1n) is 11.1. The van der Waals surface area contributed by atoms with Crippen LogP contribution in [0, 0.1) is 5.92 Å². The van der Waals surface area contributed by atoms with Crippen molar-refractivity contribution >= 4 is 40.4 Å². The fourth-order valence-corrected chi connectivity index (χ4v) is 4.20. The molecule has 1 aliphatic carbocycles. The molecule has 2 aromatic heterocycles. The Bertz CT molecular complexity index is 1170. The summed E-state index contributed by atoms with van der Waals surface area (Å²) in [6.07, 6.45) is 9.55. The maximum Gasteiger partial charge on any atom is 0.278 e. The SMILES string of the molecule is CN(C(=O)C1CCCCC1)c1ccc2c(c1)nc(NC(=O)c1cnccn1)n2CCC(N)=O. The first kappa shape index (κ1) is 22.4. The zero-order chi connectivity index (χ0) is 23.4. The van der Waals surface area contributed by atoms with Gasteiger partial charge in [0.2, 0.25) is 17.8 Å². The third-order valence-corrected chi connectivity index (χ3v) is 6.01. The molecule has 0 saturated heterocycles. The van der Waals surface area contributed by atoms with E-state index in [1.807, 2.05) is 18.2 Å². The van der Waals surface area contributed by atoms with Gasteiger partial charge in [-0.05, 0) is 31.0 Å². The highest BCUT2D eigenvalue weighted by atomic mass is 16.2. The van der Waals surface area contributed by atoms with Gasteiger partial charge in [-0.1, -0.05) is 19.3 Å². The van der Waals surface area contributed by atoms with E-state index in [2.05, 4.69) is 20.3 Å². The number of carbonyl (C=O) groups is 3. The van der Waals surface area contributed by atoms with E-state index in [4.69, 9.17) is 5.73 Å². The summed E-state index contributed by atoms with van der Waals surface area (Å²) < 4.78 is 1.72. The molecule has 0 atom stereocenters. The lowest BCUT2D eigenvalue weighted by molar-refractivity contribution is -0.123. The minimum Gasteiger partial charge on any atom is -0.370 e. The third-order valence-electron chi connectivity index (χ3n) is 6.01. The van der Waals surface area contributed by atoms with E-state index in [0.29, 0.717) is 11.0 Å². The first-order chi connectivity index (χ1) is 15.9. The standard InChI is InChI=1S/C23H27N7O3/c1-29(22(33)15-5-3-2-4-6-15)16-7-8-19-17(13-16)27-23(30(19)12-9-20(24)31)28-21(32)18-14-25-10-11-26-18/h7-8,10-11,13-15H,2-6,9,12H2,1H3,(H2,24,31)(H,27,28,32). The number of hydrogen-bond donors (Lipinski definition) is 2. The van der Waals surface area contributed by atoms with Gasteiger partial charge < -0.3 is 15.2 Å². The Morgan fingerprint density at radius 3 is 2.67 bits per heavy atom. The molecule has 1 saturated carbocycles. The van der Waals surface area contributed by atoms with Crippen molar-refractivity contribution < 1.29 is 14.4 Å². The van der Waals surface area contributed by atoms with Crippen LogP contribution in [0.2, 0.25) is 0 Å². The van der Waals surface area contributed by atoms with Gasteiger partial charge in [-0.3, -0.25) is 24.7 Å². The number of imidazole rings is 1. The second-order valence-electron chi connectivity index (χ2n) is 8.25. The molecule has 4 rings (SSSR count). The summed E-state index contributed by atoms with van der Waals surface area (Å²) in [6, 6.07) is 5.50. The van der Waals surface area contributed by atoms with E-state index in [0.717, 1.165) is 31.4 Å². The second kappa shape index (κ2) is 9.76. The van der Waals surface area contributed by atoms with Crippen molar-refractivity contribution in [2.24, 2.45) is 11.7 Å². The molecular weight excluding hydrogens is 422 g/mol. The molecular formula is C23H27N7O3. The highest BCUT2D eigenvalue weighted by molar-refractivity contribution is 6.03. The van der Waals surface area contributed by atoms with Gasteiger partial charge in [-0.15, -0.1) is 0 Å². The van der Waals surface area contributed by atoms with Crippen molar-refractivity contribution in [3.63, 3.8) is 0 Å². The molecule has 1 aliphatic rings. The van der Waals surface area contributed by atoms with Crippen molar-refractivity contribution in [3.05, 3.63) is 42.5 Å². The van der Waals surface area contributed by atoms with E-state index < -0.39 is 11.8 Å². The van der Waals surface area contributed by atoms with Crippen molar-refractivity contribution in [2.75, 3.05) is 17.3 Å². The molecule has 10 nitrogen and oxygen atoms in total. The lowest BCUT2D eigenvalue weighted by Crippen LogP contribution is -2.33. The molecule has 0 spiro atoms. The molecule has 33 heavy (non-hydrogen) atoms. The Labute approximate surface area is 191 Å². The molecule has 1 fully saturated rings. The average Bonchev–Trinajstić information content (AvgIpc) is 3.18. The summed E-state index contributed by atoms with van der Waals surface area (Å²) in [5.74, 6) is -0.505. The number of benzene rings is 1. The summed E-state index contributed by atoms with van der Waals surface area (Å²) >= 11 is 0. The van der Waals surface area contributed by atoms with Crippen LogP contribution in [0.3, 0.4) is 0 Å². The van der Waals surface area contributed by atoms with Crippen LogP contribution >= 0.6 is 0 Å². The number of aromatic nitrogens is 4. The number of fused-ring (bicyclic) bond motifs is 1. The maximum absolute atomic E-state index is 13.0.